The van der Waals surface area contributed by atoms with Crippen LogP contribution in [0.5, 0.6) is 0 Å². The third-order valence-corrected chi connectivity index (χ3v) is 2.61. The number of hydrogen-bond donors (Lipinski definition) is 1. The quantitative estimate of drug-likeness (QED) is 0.870. The minimum atomic E-state index is -0.0996. The number of aryl methyl sites for hydroxylation is 1. The van der Waals surface area contributed by atoms with E-state index >= 15 is 0 Å². The van der Waals surface area contributed by atoms with Gasteiger partial charge in [-0.15, -0.1) is 0 Å². The zero-order valence-electron chi connectivity index (χ0n) is 9.97. The summed E-state index contributed by atoms with van der Waals surface area (Å²) in [5.41, 5.74) is 2.91. The summed E-state index contributed by atoms with van der Waals surface area (Å²) >= 11 is 0. The van der Waals surface area contributed by atoms with Crippen LogP contribution in [-0.2, 0) is 6.54 Å². The average Bonchev–Trinajstić information content (AvgIpc) is 2.34. The van der Waals surface area contributed by atoms with Crippen LogP contribution in [0.2, 0.25) is 0 Å². The minimum absolute atomic E-state index is 0.0996. The van der Waals surface area contributed by atoms with Gasteiger partial charge in [-0.3, -0.25) is 4.79 Å². The van der Waals surface area contributed by atoms with Crippen molar-refractivity contribution < 1.29 is 0 Å². The van der Waals surface area contributed by atoms with E-state index < -0.39 is 0 Å². The predicted molar refractivity (Wildman–Crippen MR) is 68.3 cm³/mol. The zero-order chi connectivity index (χ0) is 12.3. The molecule has 4 heteroatoms. The smallest absolute Gasteiger partial charge is 0.269 e. The molecule has 0 unspecified atom stereocenters. The van der Waals surface area contributed by atoms with E-state index in [1.807, 2.05) is 31.2 Å². The molecule has 17 heavy (non-hydrogen) atoms. The Labute approximate surface area is 99.9 Å². The Bertz CT molecular complexity index is 558. The molecule has 1 heterocycles. The number of nitrogens with one attached hydrogen (secondary N) is 1. The zero-order valence-corrected chi connectivity index (χ0v) is 9.97. The molecule has 0 bridgehead atoms. The molecule has 0 radical (unpaired) electrons. The fraction of sp³-hybridized carbons (Fsp3) is 0.231. The van der Waals surface area contributed by atoms with Crippen molar-refractivity contribution in [2.75, 3.05) is 12.4 Å². The highest BCUT2D eigenvalue weighted by Gasteiger charge is 2.00. The molecule has 1 N–H and O–H groups in total. The van der Waals surface area contributed by atoms with Crippen molar-refractivity contribution in [1.82, 2.24) is 9.78 Å². The molecule has 1 aromatic heterocycles. The lowest BCUT2D eigenvalue weighted by Crippen LogP contribution is -2.22. The van der Waals surface area contributed by atoms with Gasteiger partial charge >= 0.3 is 0 Å². The Morgan fingerprint density at radius 3 is 2.59 bits per heavy atom. The Hall–Kier alpha value is -2.10. The molecule has 2 rings (SSSR count). The third-order valence-electron chi connectivity index (χ3n) is 2.61. The van der Waals surface area contributed by atoms with E-state index in [0.29, 0.717) is 6.54 Å². The van der Waals surface area contributed by atoms with E-state index in [1.54, 1.807) is 19.3 Å². The Morgan fingerprint density at radius 1 is 1.29 bits per heavy atom. The first kappa shape index (κ1) is 11.4. The number of rotatable bonds is 3. The fourth-order valence-corrected chi connectivity index (χ4v) is 1.56. The molecule has 88 valence electrons. The van der Waals surface area contributed by atoms with Gasteiger partial charge in [0.15, 0.2) is 0 Å². The summed E-state index contributed by atoms with van der Waals surface area (Å²) in [7, 11) is 1.76. The average molecular weight is 229 g/mol. The highest BCUT2D eigenvalue weighted by molar-refractivity contribution is 5.37. The van der Waals surface area contributed by atoms with Gasteiger partial charge in [-0.1, -0.05) is 29.8 Å². The standard InChI is InChI=1S/C13H15N3O/c1-10-3-5-11(6-4-10)9-16-13(17)7-12(14-2)8-15-16/h3-8,14H,9H2,1-2H3. The van der Waals surface area contributed by atoms with Crippen molar-refractivity contribution in [2.24, 2.45) is 0 Å². The molecule has 1 aromatic carbocycles. The largest absolute Gasteiger partial charge is 0.387 e. The van der Waals surface area contributed by atoms with Crippen LogP contribution in [0, 0.1) is 6.92 Å². The number of nitrogens with zero attached hydrogens (tertiary/aromatic N) is 2. The second kappa shape index (κ2) is 4.82. The number of aromatic nitrogens is 2. The van der Waals surface area contributed by atoms with Crippen LogP contribution in [0.1, 0.15) is 11.1 Å². The van der Waals surface area contributed by atoms with E-state index in [4.69, 9.17) is 0 Å². The van der Waals surface area contributed by atoms with Crippen LogP contribution in [0.25, 0.3) is 0 Å². The van der Waals surface area contributed by atoms with E-state index in [0.717, 1.165) is 11.3 Å². The van der Waals surface area contributed by atoms with Gasteiger partial charge in [0.1, 0.15) is 0 Å². The molecule has 0 amide bonds. The van der Waals surface area contributed by atoms with E-state index in [1.165, 1.54) is 10.2 Å². The summed E-state index contributed by atoms with van der Waals surface area (Å²) in [6, 6.07) is 9.62. The van der Waals surface area contributed by atoms with Gasteiger partial charge in [0.25, 0.3) is 5.56 Å². The topological polar surface area (TPSA) is 46.9 Å². The van der Waals surface area contributed by atoms with Gasteiger partial charge in [-0.05, 0) is 12.5 Å². The lowest BCUT2D eigenvalue weighted by molar-refractivity contribution is 0.640. The molecule has 0 saturated carbocycles. The van der Waals surface area contributed by atoms with Gasteiger partial charge in [-0.25, -0.2) is 4.68 Å². The van der Waals surface area contributed by atoms with Crippen molar-refractivity contribution in [3.05, 3.63) is 58.0 Å². The van der Waals surface area contributed by atoms with Crippen molar-refractivity contribution in [3.63, 3.8) is 0 Å². The summed E-state index contributed by atoms with van der Waals surface area (Å²) < 4.78 is 1.45. The summed E-state index contributed by atoms with van der Waals surface area (Å²) in [6.45, 7) is 2.54. The molecular weight excluding hydrogens is 214 g/mol. The highest BCUT2D eigenvalue weighted by Crippen LogP contribution is 2.04. The first-order valence-electron chi connectivity index (χ1n) is 5.49. The van der Waals surface area contributed by atoms with Crippen molar-refractivity contribution in [3.8, 4) is 0 Å². The van der Waals surface area contributed by atoms with Gasteiger partial charge in [0.05, 0.1) is 18.4 Å². The van der Waals surface area contributed by atoms with Crippen LogP contribution < -0.4 is 10.9 Å². The number of benzene rings is 1. The number of hydrogen-bond acceptors (Lipinski definition) is 3. The summed E-state index contributed by atoms with van der Waals surface area (Å²) in [4.78, 5) is 11.7. The van der Waals surface area contributed by atoms with Crippen molar-refractivity contribution >= 4 is 5.69 Å². The maximum Gasteiger partial charge on any atom is 0.269 e. The number of anilines is 1. The molecule has 4 nitrogen and oxygen atoms in total. The van der Waals surface area contributed by atoms with Crippen molar-refractivity contribution in [1.29, 1.82) is 0 Å². The normalized spacial score (nSPS) is 10.2. The molecule has 0 fully saturated rings. The molecule has 0 aliphatic heterocycles. The molecule has 0 aliphatic carbocycles. The molecule has 0 spiro atoms. The summed E-state index contributed by atoms with van der Waals surface area (Å²) in [5.74, 6) is 0. The second-order valence-electron chi connectivity index (χ2n) is 3.98. The highest BCUT2D eigenvalue weighted by atomic mass is 16.1. The molecule has 0 atom stereocenters. The maximum absolute atomic E-state index is 11.7. The molecule has 0 saturated heterocycles. The lowest BCUT2D eigenvalue weighted by Gasteiger charge is -2.06. The Balaban J connectivity index is 2.24. The van der Waals surface area contributed by atoms with Crippen LogP contribution in [0.4, 0.5) is 5.69 Å². The monoisotopic (exact) mass is 229 g/mol. The summed E-state index contributed by atoms with van der Waals surface area (Å²) in [5, 5.41) is 7.00. The lowest BCUT2D eigenvalue weighted by atomic mass is 10.1. The molecule has 2 aromatic rings. The van der Waals surface area contributed by atoms with Gasteiger partial charge in [0.2, 0.25) is 0 Å². The van der Waals surface area contributed by atoms with Crippen LogP contribution in [0.3, 0.4) is 0 Å². The van der Waals surface area contributed by atoms with Crippen LogP contribution in [-0.4, -0.2) is 16.8 Å². The molecule has 0 aliphatic rings. The van der Waals surface area contributed by atoms with E-state index in [2.05, 4.69) is 10.4 Å². The summed E-state index contributed by atoms with van der Waals surface area (Å²) in [6.07, 6.45) is 1.65. The predicted octanol–water partition coefficient (Wildman–Crippen LogP) is 1.64. The van der Waals surface area contributed by atoms with E-state index in [9.17, 15) is 4.79 Å². The minimum Gasteiger partial charge on any atom is -0.387 e. The van der Waals surface area contributed by atoms with E-state index in [-0.39, 0.29) is 5.56 Å². The van der Waals surface area contributed by atoms with Crippen molar-refractivity contribution in [2.45, 2.75) is 13.5 Å². The third kappa shape index (κ3) is 2.72. The first-order chi connectivity index (χ1) is 8.19. The van der Waals surface area contributed by atoms with Gasteiger partial charge < -0.3 is 5.32 Å². The van der Waals surface area contributed by atoms with Crippen LogP contribution in [0.15, 0.2) is 41.3 Å². The first-order valence-corrected chi connectivity index (χ1v) is 5.49. The maximum atomic E-state index is 11.7. The van der Waals surface area contributed by atoms with Crippen LogP contribution >= 0.6 is 0 Å². The Morgan fingerprint density at radius 2 is 2.00 bits per heavy atom. The Kier molecular flexibility index (Phi) is 3.23. The fourth-order valence-electron chi connectivity index (χ4n) is 1.56. The van der Waals surface area contributed by atoms with Gasteiger partial charge in [-0.2, -0.15) is 5.10 Å². The molecular formula is C13H15N3O. The van der Waals surface area contributed by atoms with Gasteiger partial charge in [0, 0.05) is 13.1 Å². The second-order valence-corrected chi connectivity index (χ2v) is 3.98. The SMILES string of the molecule is CNc1cnn(Cc2ccc(C)cc2)c(=O)c1.